The van der Waals surface area contributed by atoms with E-state index in [1.807, 2.05) is 18.2 Å². The summed E-state index contributed by atoms with van der Waals surface area (Å²) < 4.78 is 21.2. The quantitative estimate of drug-likeness (QED) is 0.541. The zero-order chi connectivity index (χ0) is 23.1. The van der Waals surface area contributed by atoms with Gasteiger partial charge in [-0.1, -0.05) is 23.7 Å². The van der Waals surface area contributed by atoms with E-state index in [1.165, 1.54) is 22.4 Å². The number of rotatable bonds is 4. The van der Waals surface area contributed by atoms with Gasteiger partial charge in [-0.05, 0) is 61.7 Å². The third-order valence-corrected chi connectivity index (χ3v) is 6.32. The molecule has 0 bridgehead atoms. The summed E-state index contributed by atoms with van der Waals surface area (Å²) in [5.41, 5.74) is 3.78. The van der Waals surface area contributed by atoms with Gasteiger partial charge < -0.3 is 15.0 Å². The number of amides is 1. The van der Waals surface area contributed by atoms with E-state index in [4.69, 9.17) is 16.3 Å². The number of carbonyl (C=O) groups is 2. The summed E-state index contributed by atoms with van der Waals surface area (Å²) >= 11 is 5.99. The topological polar surface area (TPSA) is 76.5 Å². The van der Waals surface area contributed by atoms with Crippen LogP contribution in [0.1, 0.15) is 44.6 Å². The van der Waals surface area contributed by atoms with E-state index in [-0.39, 0.29) is 47.0 Å². The third kappa shape index (κ3) is 4.06. The van der Waals surface area contributed by atoms with E-state index in [1.54, 1.807) is 17.9 Å². The van der Waals surface area contributed by atoms with Crippen LogP contribution in [-0.4, -0.2) is 41.4 Å². The maximum absolute atomic E-state index is 14.9. The van der Waals surface area contributed by atoms with Crippen LogP contribution in [0.3, 0.4) is 0 Å². The molecule has 3 heterocycles. The molecule has 178 valence electrons. The lowest BCUT2D eigenvalue weighted by Gasteiger charge is -2.29. The van der Waals surface area contributed by atoms with Crippen molar-refractivity contribution in [1.82, 2.24) is 15.1 Å². The number of fused-ring (bicyclic) bond motifs is 2. The highest BCUT2D eigenvalue weighted by Crippen LogP contribution is 2.32. The molecule has 5 rings (SSSR count). The van der Waals surface area contributed by atoms with Crippen LogP contribution >= 0.6 is 24.0 Å². The van der Waals surface area contributed by atoms with Crippen molar-refractivity contribution in [1.29, 1.82) is 0 Å². The predicted octanol–water partition coefficient (Wildman–Crippen LogP) is 4.11. The van der Waals surface area contributed by atoms with Crippen LogP contribution in [0.15, 0.2) is 36.4 Å². The SMILES string of the molecule is CCOC(=O)c1nn(-c2cccc(Cl)c2F)c2c1CCN(c1ccc3c(c1)CNCC3)C2=O.Cl. The van der Waals surface area contributed by atoms with Crippen LogP contribution in [0.25, 0.3) is 5.69 Å². The van der Waals surface area contributed by atoms with Gasteiger partial charge in [-0.15, -0.1) is 12.4 Å². The molecule has 0 atom stereocenters. The highest BCUT2D eigenvalue weighted by Gasteiger charge is 2.36. The lowest BCUT2D eigenvalue weighted by Crippen LogP contribution is -2.39. The maximum atomic E-state index is 14.9. The minimum Gasteiger partial charge on any atom is -0.461 e. The van der Waals surface area contributed by atoms with Crippen LogP contribution < -0.4 is 10.2 Å². The number of nitrogens with zero attached hydrogens (tertiary/aromatic N) is 3. The molecule has 0 saturated heterocycles. The lowest BCUT2D eigenvalue weighted by molar-refractivity contribution is 0.0517. The molecule has 2 aliphatic rings. The molecule has 0 aliphatic carbocycles. The molecule has 1 amide bonds. The van der Waals surface area contributed by atoms with E-state index in [2.05, 4.69) is 10.4 Å². The van der Waals surface area contributed by atoms with Crippen LogP contribution in [0.5, 0.6) is 0 Å². The largest absolute Gasteiger partial charge is 0.461 e. The summed E-state index contributed by atoms with van der Waals surface area (Å²) in [6.45, 7) is 3.90. The Morgan fingerprint density at radius 3 is 2.85 bits per heavy atom. The first kappa shape index (κ1) is 24.2. The zero-order valence-electron chi connectivity index (χ0n) is 18.4. The highest BCUT2D eigenvalue weighted by atomic mass is 35.5. The average Bonchev–Trinajstić information content (AvgIpc) is 3.21. The number of anilines is 1. The molecule has 0 spiro atoms. The fourth-order valence-electron chi connectivity index (χ4n) is 4.43. The molecule has 7 nitrogen and oxygen atoms in total. The van der Waals surface area contributed by atoms with Crippen LogP contribution in [0.4, 0.5) is 10.1 Å². The van der Waals surface area contributed by atoms with Crippen molar-refractivity contribution in [2.24, 2.45) is 0 Å². The molecule has 10 heteroatoms. The fraction of sp³-hybridized carbons (Fsp3) is 0.292. The lowest BCUT2D eigenvalue weighted by atomic mass is 9.98. The van der Waals surface area contributed by atoms with E-state index in [0.29, 0.717) is 18.5 Å². The second-order valence-corrected chi connectivity index (χ2v) is 8.37. The number of halogens is 3. The monoisotopic (exact) mass is 504 g/mol. The number of carbonyl (C=O) groups excluding carboxylic acids is 2. The Morgan fingerprint density at radius 1 is 1.24 bits per heavy atom. The summed E-state index contributed by atoms with van der Waals surface area (Å²) in [5.74, 6) is -1.72. The van der Waals surface area contributed by atoms with Gasteiger partial charge in [0.15, 0.2) is 11.5 Å². The van der Waals surface area contributed by atoms with Gasteiger partial charge in [0.1, 0.15) is 11.4 Å². The zero-order valence-corrected chi connectivity index (χ0v) is 20.0. The van der Waals surface area contributed by atoms with Crippen molar-refractivity contribution < 1.29 is 18.7 Å². The van der Waals surface area contributed by atoms with Gasteiger partial charge in [0.25, 0.3) is 5.91 Å². The van der Waals surface area contributed by atoms with Crippen molar-refractivity contribution in [2.75, 3.05) is 24.6 Å². The van der Waals surface area contributed by atoms with Crippen LogP contribution in [0.2, 0.25) is 5.02 Å². The van der Waals surface area contributed by atoms with Gasteiger partial charge in [0.2, 0.25) is 0 Å². The second-order valence-electron chi connectivity index (χ2n) is 7.97. The highest BCUT2D eigenvalue weighted by molar-refractivity contribution is 6.30. The second kappa shape index (κ2) is 9.74. The van der Waals surface area contributed by atoms with E-state index in [9.17, 15) is 14.0 Å². The normalized spacial score (nSPS) is 14.8. The molecule has 0 fully saturated rings. The Kier molecular flexibility index (Phi) is 6.93. The maximum Gasteiger partial charge on any atom is 0.359 e. The Bertz CT molecular complexity index is 1280. The summed E-state index contributed by atoms with van der Waals surface area (Å²) in [6.07, 6.45) is 1.32. The Hall–Kier alpha value is -2.94. The summed E-state index contributed by atoms with van der Waals surface area (Å²) in [6, 6.07) is 10.4. The molecular weight excluding hydrogens is 482 g/mol. The molecule has 1 aromatic heterocycles. The summed E-state index contributed by atoms with van der Waals surface area (Å²) in [7, 11) is 0. The average molecular weight is 505 g/mol. The molecule has 1 N–H and O–H groups in total. The van der Waals surface area contributed by atoms with Crippen LogP contribution in [0, 0.1) is 5.82 Å². The Morgan fingerprint density at radius 2 is 2.06 bits per heavy atom. The van der Waals surface area contributed by atoms with Crippen LogP contribution in [-0.2, 0) is 24.1 Å². The first-order chi connectivity index (χ1) is 16.0. The number of esters is 1. The molecule has 0 saturated carbocycles. The molecule has 2 aromatic carbocycles. The van der Waals surface area contributed by atoms with Gasteiger partial charge in [-0.2, -0.15) is 5.10 Å². The number of benzene rings is 2. The molecule has 3 aromatic rings. The predicted molar refractivity (Wildman–Crippen MR) is 129 cm³/mol. The standard InChI is InChI=1S/C24H22ClFN4O3.ClH/c1-2-33-24(32)21-17-9-11-29(16-7-6-14-8-10-27-13-15(14)12-16)23(31)22(17)30(28-21)19-5-3-4-18(25)20(19)26;/h3-7,12,27H,2,8-11,13H2,1H3;1H. The smallest absolute Gasteiger partial charge is 0.359 e. The Balaban J connectivity index is 0.00000274. The molecular formula is C24H23Cl2FN4O3. The molecule has 34 heavy (non-hydrogen) atoms. The fourth-order valence-corrected chi connectivity index (χ4v) is 4.60. The number of ether oxygens (including phenoxy) is 1. The van der Waals surface area contributed by atoms with Crippen molar-refractivity contribution in [3.8, 4) is 5.69 Å². The van der Waals surface area contributed by atoms with Gasteiger partial charge in [-0.3, -0.25) is 4.79 Å². The van der Waals surface area contributed by atoms with Crippen molar-refractivity contribution in [3.05, 3.63) is 75.3 Å². The van der Waals surface area contributed by atoms with E-state index >= 15 is 0 Å². The van der Waals surface area contributed by atoms with Gasteiger partial charge >= 0.3 is 5.97 Å². The number of hydrogen-bond acceptors (Lipinski definition) is 5. The van der Waals surface area contributed by atoms with Crippen molar-refractivity contribution >= 4 is 41.6 Å². The molecule has 0 unspecified atom stereocenters. The number of aromatic nitrogens is 2. The number of hydrogen-bond donors (Lipinski definition) is 1. The van der Waals surface area contributed by atoms with Gasteiger partial charge in [0.05, 0.1) is 11.6 Å². The minimum absolute atomic E-state index is 0. The number of nitrogens with one attached hydrogen (secondary N) is 1. The van der Waals surface area contributed by atoms with E-state index in [0.717, 1.165) is 30.8 Å². The molecule has 0 radical (unpaired) electrons. The summed E-state index contributed by atoms with van der Waals surface area (Å²) in [5, 5.41) is 7.56. The van der Waals surface area contributed by atoms with Crippen molar-refractivity contribution in [3.63, 3.8) is 0 Å². The first-order valence-corrected chi connectivity index (χ1v) is 11.2. The van der Waals surface area contributed by atoms with Crippen molar-refractivity contribution in [2.45, 2.75) is 26.3 Å². The van der Waals surface area contributed by atoms with Gasteiger partial charge in [0, 0.05) is 24.3 Å². The Labute approximate surface area is 207 Å². The van der Waals surface area contributed by atoms with Gasteiger partial charge in [-0.25, -0.2) is 13.9 Å². The summed E-state index contributed by atoms with van der Waals surface area (Å²) in [4.78, 5) is 27.9. The third-order valence-electron chi connectivity index (χ3n) is 6.03. The van der Waals surface area contributed by atoms with E-state index < -0.39 is 11.8 Å². The first-order valence-electron chi connectivity index (χ1n) is 10.9. The molecule has 2 aliphatic heterocycles. The minimum atomic E-state index is -0.718.